The van der Waals surface area contributed by atoms with Crippen molar-refractivity contribution in [3.05, 3.63) is 0 Å². The molecule has 0 aromatic rings. The van der Waals surface area contributed by atoms with Crippen LogP contribution in [0.4, 0.5) is 4.79 Å². The highest BCUT2D eigenvalue weighted by atomic mass is 32.2. The lowest BCUT2D eigenvalue weighted by Crippen LogP contribution is -2.66. The first kappa shape index (κ1) is 24.0. The van der Waals surface area contributed by atoms with Crippen LogP contribution in [0.15, 0.2) is 0 Å². The summed E-state index contributed by atoms with van der Waals surface area (Å²) in [6.07, 6.45) is 4.09. The summed E-state index contributed by atoms with van der Waals surface area (Å²) in [6, 6.07) is -0.773. The summed E-state index contributed by atoms with van der Waals surface area (Å²) >= 11 is 0. The number of hydroxylamine groups is 1. The Morgan fingerprint density at radius 2 is 1.88 bits per heavy atom. The smallest absolute Gasteiger partial charge is 0.327 e. The predicted octanol–water partition coefficient (Wildman–Crippen LogP) is 0.220. The van der Waals surface area contributed by atoms with Crippen LogP contribution >= 0.6 is 0 Å². The zero-order valence-electron chi connectivity index (χ0n) is 19.8. The molecule has 0 aromatic carbocycles. The highest BCUT2D eigenvalue weighted by molar-refractivity contribution is 7.90. The monoisotopic (exact) mass is 497 g/mol. The molecule has 190 valence electrons. The number of rotatable bonds is 7. The fourth-order valence-corrected chi connectivity index (χ4v) is 7.76. The molecule has 2 aliphatic carbocycles. The third-order valence-corrected chi connectivity index (χ3v) is 10.1. The maximum Gasteiger partial charge on any atom is 0.327 e. The molecule has 34 heavy (non-hydrogen) atoms. The van der Waals surface area contributed by atoms with Gasteiger partial charge in [-0.05, 0) is 58.8 Å². The molecule has 5 fully saturated rings. The van der Waals surface area contributed by atoms with E-state index in [4.69, 9.17) is 4.84 Å². The summed E-state index contributed by atoms with van der Waals surface area (Å²) in [5.74, 6) is -0.945. The Balaban J connectivity index is 1.36. The number of imide groups is 1. The number of amides is 4. The van der Waals surface area contributed by atoms with Crippen LogP contribution in [0.5, 0.6) is 0 Å². The van der Waals surface area contributed by atoms with Gasteiger partial charge in [0.05, 0.1) is 23.8 Å². The van der Waals surface area contributed by atoms with Crippen LogP contribution in [0.1, 0.15) is 65.2 Å². The normalized spacial score (nSPS) is 37.6. The average molecular weight is 498 g/mol. The topological polar surface area (TPSA) is 137 Å². The van der Waals surface area contributed by atoms with E-state index in [0.29, 0.717) is 38.6 Å². The van der Waals surface area contributed by atoms with Crippen LogP contribution in [-0.4, -0.2) is 84.2 Å². The maximum atomic E-state index is 13.6. The molecule has 3 N–H and O–H groups in total. The van der Waals surface area contributed by atoms with Crippen LogP contribution in [0.3, 0.4) is 0 Å². The molecule has 0 spiro atoms. The van der Waals surface area contributed by atoms with Gasteiger partial charge < -0.3 is 10.2 Å². The summed E-state index contributed by atoms with van der Waals surface area (Å²) in [4.78, 5) is 47.3. The van der Waals surface area contributed by atoms with Crippen LogP contribution in [0.2, 0.25) is 0 Å². The summed E-state index contributed by atoms with van der Waals surface area (Å²) in [6.45, 7) is 4.31. The molecule has 3 saturated heterocycles. The van der Waals surface area contributed by atoms with Crippen molar-refractivity contribution in [3.8, 4) is 0 Å². The van der Waals surface area contributed by atoms with Gasteiger partial charge >= 0.3 is 6.03 Å². The van der Waals surface area contributed by atoms with Crippen molar-refractivity contribution in [2.75, 3.05) is 13.1 Å². The number of nitrogens with zero attached hydrogens (tertiary/aromatic N) is 2. The quantitative estimate of drug-likeness (QED) is 0.458. The fourth-order valence-electron chi connectivity index (χ4n) is 5.80. The Kier molecular flexibility index (Phi) is 6.14. The molecule has 6 unspecified atom stereocenters. The molecule has 3 heterocycles. The number of hydrogen-bond acceptors (Lipinski definition) is 7. The standard InChI is InChI=1S/C22H35N5O6S/c1-13-9-15(33-24-13)12-27-20(29)17-10-16(34(31,32)25-22(2)7-8-22)4-5-18(17)26(21(27)30)11-14-3-6-19(28)23-14/h13-18,24-25H,3-12H2,1-2H3,(H,23,28). The van der Waals surface area contributed by atoms with Crippen molar-refractivity contribution >= 4 is 27.9 Å². The molecule has 2 saturated carbocycles. The van der Waals surface area contributed by atoms with Gasteiger partial charge in [-0.25, -0.2) is 17.9 Å². The Bertz CT molecular complexity index is 969. The van der Waals surface area contributed by atoms with E-state index in [1.807, 2.05) is 13.8 Å². The van der Waals surface area contributed by atoms with Gasteiger partial charge in [0.15, 0.2) is 0 Å². The molecule has 12 heteroatoms. The van der Waals surface area contributed by atoms with E-state index in [0.717, 1.165) is 12.8 Å². The molecular weight excluding hydrogens is 462 g/mol. The van der Waals surface area contributed by atoms with E-state index in [1.54, 1.807) is 4.90 Å². The zero-order chi connectivity index (χ0) is 24.3. The van der Waals surface area contributed by atoms with Crippen molar-refractivity contribution in [1.29, 1.82) is 0 Å². The van der Waals surface area contributed by atoms with Gasteiger partial charge in [0.25, 0.3) is 0 Å². The molecule has 4 amide bonds. The second-order valence-electron chi connectivity index (χ2n) is 11.0. The molecule has 5 aliphatic rings. The molecule has 6 atom stereocenters. The first-order valence-electron chi connectivity index (χ1n) is 12.4. The summed E-state index contributed by atoms with van der Waals surface area (Å²) in [7, 11) is -3.58. The highest BCUT2D eigenvalue weighted by Crippen LogP contribution is 2.40. The van der Waals surface area contributed by atoms with Gasteiger partial charge in [-0.2, -0.15) is 5.48 Å². The second kappa shape index (κ2) is 8.72. The van der Waals surface area contributed by atoms with E-state index < -0.39 is 21.2 Å². The van der Waals surface area contributed by atoms with Crippen molar-refractivity contribution in [3.63, 3.8) is 0 Å². The lowest BCUT2D eigenvalue weighted by atomic mass is 9.80. The van der Waals surface area contributed by atoms with Gasteiger partial charge in [0.1, 0.15) is 0 Å². The number of carbonyl (C=O) groups is 3. The van der Waals surface area contributed by atoms with Gasteiger partial charge in [0, 0.05) is 36.6 Å². The minimum Gasteiger partial charge on any atom is -0.352 e. The second-order valence-corrected chi connectivity index (χ2v) is 13.0. The van der Waals surface area contributed by atoms with Crippen molar-refractivity contribution in [1.82, 2.24) is 25.3 Å². The van der Waals surface area contributed by atoms with Crippen molar-refractivity contribution in [2.45, 2.75) is 100 Å². The Morgan fingerprint density at radius 1 is 1.12 bits per heavy atom. The number of urea groups is 1. The first-order chi connectivity index (χ1) is 16.0. The average Bonchev–Trinajstić information content (AvgIpc) is 3.14. The van der Waals surface area contributed by atoms with Gasteiger partial charge in [-0.3, -0.25) is 19.3 Å². The number of fused-ring (bicyclic) bond motifs is 1. The maximum absolute atomic E-state index is 13.6. The van der Waals surface area contributed by atoms with E-state index >= 15 is 0 Å². The SMILES string of the molecule is CC1CC(CN2C(=O)C3CC(S(=O)(=O)NC4(C)CC4)CCC3N(CC3CCC(=O)N3)C2=O)ON1. The van der Waals surface area contributed by atoms with Crippen LogP contribution in [-0.2, 0) is 24.4 Å². The number of nitrogens with one attached hydrogen (secondary N) is 3. The van der Waals surface area contributed by atoms with Gasteiger partial charge in [-0.15, -0.1) is 0 Å². The van der Waals surface area contributed by atoms with E-state index in [1.165, 1.54) is 4.90 Å². The minimum absolute atomic E-state index is 0.0344. The lowest BCUT2D eigenvalue weighted by molar-refractivity contribution is -0.142. The fraction of sp³-hybridized carbons (Fsp3) is 0.864. The third-order valence-electron chi connectivity index (χ3n) is 7.99. The minimum atomic E-state index is -3.58. The summed E-state index contributed by atoms with van der Waals surface area (Å²) in [5, 5.41) is 2.25. The van der Waals surface area contributed by atoms with E-state index in [-0.39, 0.29) is 60.6 Å². The van der Waals surface area contributed by atoms with E-state index in [2.05, 4.69) is 15.5 Å². The molecule has 0 aromatic heterocycles. The third kappa shape index (κ3) is 4.69. The highest BCUT2D eigenvalue weighted by Gasteiger charge is 2.53. The summed E-state index contributed by atoms with van der Waals surface area (Å²) in [5.41, 5.74) is 2.51. The summed E-state index contributed by atoms with van der Waals surface area (Å²) < 4.78 is 29.0. The molecular formula is C22H35N5O6S. The van der Waals surface area contributed by atoms with Crippen molar-refractivity contribution in [2.24, 2.45) is 5.92 Å². The van der Waals surface area contributed by atoms with Gasteiger partial charge in [-0.1, -0.05) is 0 Å². The Morgan fingerprint density at radius 3 is 2.50 bits per heavy atom. The Hall–Kier alpha value is -1.76. The Labute approximate surface area is 200 Å². The predicted molar refractivity (Wildman–Crippen MR) is 122 cm³/mol. The number of carbonyl (C=O) groups excluding carboxylic acids is 3. The number of sulfonamides is 1. The first-order valence-corrected chi connectivity index (χ1v) is 13.9. The van der Waals surface area contributed by atoms with Crippen LogP contribution in [0, 0.1) is 5.92 Å². The molecule has 11 nitrogen and oxygen atoms in total. The lowest BCUT2D eigenvalue weighted by Gasteiger charge is -2.49. The van der Waals surface area contributed by atoms with Gasteiger partial charge in [0.2, 0.25) is 21.8 Å². The van der Waals surface area contributed by atoms with Crippen molar-refractivity contribution < 1.29 is 27.6 Å². The molecule has 0 radical (unpaired) electrons. The molecule has 0 bridgehead atoms. The van der Waals surface area contributed by atoms with Crippen LogP contribution < -0.4 is 15.5 Å². The largest absolute Gasteiger partial charge is 0.352 e. The van der Waals surface area contributed by atoms with E-state index in [9.17, 15) is 22.8 Å². The molecule has 5 rings (SSSR count). The zero-order valence-corrected chi connectivity index (χ0v) is 20.6. The molecule has 3 aliphatic heterocycles. The number of hydrogen-bond donors (Lipinski definition) is 3. The van der Waals surface area contributed by atoms with Crippen LogP contribution in [0.25, 0.3) is 0 Å².